The van der Waals surface area contributed by atoms with Crippen LogP contribution in [0, 0.1) is 10.8 Å². The number of carbonyl (C=O) groups excluding carboxylic acids is 1. The van der Waals surface area contributed by atoms with Gasteiger partial charge in [0.2, 0.25) is 0 Å². The first-order chi connectivity index (χ1) is 6.11. The highest BCUT2D eigenvalue weighted by molar-refractivity contribution is 6.05. The smallest absolute Gasteiger partial charge is 0.143 e. The summed E-state index contributed by atoms with van der Waals surface area (Å²) in [5.41, 5.74) is -0.684. The van der Waals surface area contributed by atoms with Gasteiger partial charge in [-0.2, -0.15) is 0 Å². The maximum Gasteiger partial charge on any atom is 0.143 e. The van der Waals surface area contributed by atoms with Gasteiger partial charge in [0.15, 0.2) is 0 Å². The molecule has 0 unspecified atom stereocenters. The minimum absolute atomic E-state index is 0.0765. The van der Waals surface area contributed by atoms with Gasteiger partial charge in [-0.3, -0.25) is 4.79 Å². The molecule has 0 aromatic heterocycles. The van der Waals surface area contributed by atoms with Crippen molar-refractivity contribution in [2.45, 2.75) is 46.6 Å². The van der Waals surface area contributed by atoms with Gasteiger partial charge in [-0.1, -0.05) is 20.8 Å². The molecule has 0 aliphatic rings. The van der Waals surface area contributed by atoms with E-state index in [0.29, 0.717) is 5.71 Å². The molecular weight excluding hydrogens is 178 g/mol. The average Bonchev–Trinajstić information content (AvgIpc) is 2.02. The van der Waals surface area contributed by atoms with Crippen molar-refractivity contribution in [1.29, 1.82) is 5.41 Å². The Morgan fingerprint density at radius 3 is 1.93 bits per heavy atom. The molecule has 0 bridgehead atoms. The van der Waals surface area contributed by atoms with E-state index < -0.39 is 5.60 Å². The number of carbonyl (C=O) groups is 1. The Kier molecular flexibility index (Phi) is 4.01. The lowest BCUT2D eigenvalue weighted by Gasteiger charge is -2.25. The molecule has 0 rings (SSSR count). The fraction of sp³-hybridized carbons (Fsp3) is 0.818. The molecule has 0 amide bonds. The average molecular weight is 199 g/mol. The first-order valence-corrected chi connectivity index (χ1v) is 4.77. The summed E-state index contributed by atoms with van der Waals surface area (Å²) in [4.78, 5) is 11.6. The van der Waals surface area contributed by atoms with Crippen LogP contribution in [-0.4, -0.2) is 24.2 Å². The Balaban J connectivity index is 4.43. The van der Waals surface area contributed by atoms with Crippen LogP contribution in [0.25, 0.3) is 0 Å². The molecule has 3 heteroatoms. The summed E-state index contributed by atoms with van der Waals surface area (Å²) in [5.74, 6) is 0.0765. The third-order valence-corrected chi connectivity index (χ3v) is 2.41. The van der Waals surface area contributed by atoms with Crippen molar-refractivity contribution in [3.05, 3.63) is 0 Å². The summed E-state index contributed by atoms with van der Waals surface area (Å²) in [7, 11) is 1.55. The fourth-order valence-electron chi connectivity index (χ4n) is 0.762. The topological polar surface area (TPSA) is 50.1 Å². The van der Waals surface area contributed by atoms with Crippen molar-refractivity contribution in [1.82, 2.24) is 0 Å². The van der Waals surface area contributed by atoms with Crippen LogP contribution in [0.4, 0.5) is 0 Å². The third-order valence-electron chi connectivity index (χ3n) is 2.41. The number of ketones is 1. The van der Waals surface area contributed by atoms with Crippen molar-refractivity contribution < 1.29 is 9.53 Å². The first-order valence-electron chi connectivity index (χ1n) is 4.77. The summed E-state index contributed by atoms with van der Waals surface area (Å²) in [6.45, 7) is 9.18. The van der Waals surface area contributed by atoms with E-state index in [4.69, 9.17) is 10.1 Å². The van der Waals surface area contributed by atoms with Gasteiger partial charge in [-0.05, 0) is 13.8 Å². The Bertz CT molecular complexity index is 236. The van der Waals surface area contributed by atoms with Crippen LogP contribution in [0.1, 0.15) is 41.0 Å². The summed E-state index contributed by atoms with van der Waals surface area (Å²) in [6, 6.07) is 0. The number of ether oxygens (including phenoxy) is 1. The normalized spacial score (nSPS) is 12.7. The number of rotatable bonds is 4. The molecule has 0 heterocycles. The number of nitrogens with one attached hydrogen (secondary N) is 1. The van der Waals surface area contributed by atoms with Crippen molar-refractivity contribution in [2.75, 3.05) is 7.11 Å². The minimum atomic E-state index is -0.638. The second-order valence-electron chi connectivity index (χ2n) is 5.04. The zero-order valence-electron chi connectivity index (χ0n) is 10.0. The van der Waals surface area contributed by atoms with E-state index in [1.807, 2.05) is 20.8 Å². The first kappa shape index (κ1) is 13.3. The molecule has 3 nitrogen and oxygen atoms in total. The molecule has 82 valence electrons. The maximum atomic E-state index is 11.6. The fourth-order valence-corrected chi connectivity index (χ4v) is 0.762. The van der Waals surface area contributed by atoms with Crippen LogP contribution in [0.15, 0.2) is 0 Å². The van der Waals surface area contributed by atoms with Gasteiger partial charge in [0.25, 0.3) is 0 Å². The zero-order valence-corrected chi connectivity index (χ0v) is 10.0. The summed E-state index contributed by atoms with van der Waals surface area (Å²) in [6.07, 6.45) is 0.171. The number of hydrogen-bond acceptors (Lipinski definition) is 3. The van der Waals surface area contributed by atoms with E-state index in [0.717, 1.165) is 0 Å². The Labute approximate surface area is 86.3 Å². The lowest BCUT2D eigenvalue weighted by Crippen LogP contribution is -2.36. The van der Waals surface area contributed by atoms with Crippen LogP contribution < -0.4 is 0 Å². The molecule has 0 spiro atoms. The second kappa shape index (κ2) is 4.22. The molecular formula is C11H21NO2. The molecule has 0 radical (unpaired) electrons. The standard InChI is InChI=1S/C11H21NO2/c1-10(2,3)9(13)7-8(12)11(4,5)14-6/h12H,7H2,1-6H3. The van der Waals surface area contributed by atoms with Gasteiger partial charge < -0.3 is 10.1 Å². The SMILES string of the molecule is COC(C)(C)C(=N)CC(=O)C(C)(C)C. The monoisotopic (exact) mass is 199 g/mol. The Morgan fingerprint density at radius 2 is 1.64 bits per heavy atom. The highest BCUT2D eigenvalue weighted by atomic mass is 16.5. The quantitative estimate of drug-likeness (QED) is 0.707. The van der Waals surface area contributed by atoms with Crippen LogP contribution in [0.3, 0.4) is 0 Å². The Morgan fingerprint density at radius 1 is 1.21 bits per heavy atom. The van der Waals surface area contributed by atoms with Crippen molar-refractivity contribution in [3.63, 3.8) is 0 Å². The van der Waals surface area contributed by atoms with E-state index in [1.54, 1.807) is 21.0 Å². The largest absolute Gasteiger partial charge is 0.373 e. The summed E-state index contributed by atoms with van der Waals surface area (Å²) >= 11 is 0. The van der Waals surface area contributed by atoms with Gasteiger partial charge in [0.05, 0.1) is 5.60 Å². The highest BCUT2D eigenvalue weighted by Gasteiger charge is 2.29. The zero-order chi connectivity index (χ0) is 11.6. The minimum Gasteiger partial charge on any atom is -0.373 e. The molecule has 0 saturated carbocycles. The lowest BCUT2D eigenvalue weighted by molar-refractivity contribution is -0.125. The molecule has 0 aliphatic carbocycles. The van der Waals surface area contributed by atoms with Gasteiger partial charge in [0, 0.05) is 24.7 Å². The molecule has 1 N–H and O–H groups in total. The maximum absolute atomic E-state index is 11.6. The number of methoxy groups -OCH3 is 1. The van der Waals surface area contributed by atoms with Crippen molar-refractivity contribution in [3.8, 4) is 0 Å². The van der Waals surface area contributed by atoms with Crippen LogP contribution in [0.5, 0.6) is 0 Å². The molecule has 0 aromatic rings. The summed E-state index contributed by atoms with van der Waals surface area (Å²) < 4.78 is 5.14. The van der Waals surface area contributed by atoms with Crippen molar-refractivity contribution >= 4 is 11.5 Å². The predicted octanol–water partition coefficient (Wildman–Crippen LogP) is 2.44. The van der Waals surface area contributed by atoms with Crippen LogP contribution in [-0.2, 0) is 9.53 Å². The van der Waals surface area contributed by atoms with E-state index >= 15 is 0 Å². The number of hydrogen-bond donors (Lipinski definition) is 1. The number of Topliss-reactive ketones (excluding diaryl/α,β-unsaturated/α-hetero) is 1. The van der Waals surface area contributed by atoms with E-state index in [-0.39, 0.29) is 17.6 Å². The Hall–Kier alpha value is -0.700. The third kappa shape index (κ3) is 3.58. The van der Waals surface area contributed by atoms with Gasteiger partial charge >= 0.3 is 0 Å². The molecule has 0 aromatic carbocycles. The van der Waals surface area contributed by atoms with Crippen molar-refractivity contribution in [2.24, 2.45) is 5.41 Å². The molecule has 14 heavy (non-hydrogen) atoms. The molecule has 0 fully saturated rings. The van der Waals surface area contributed by atoms with E-state index in [1.165, 1.54) is 0 Å². The second-order valence-corrected chi connectivity index (χ2v) is 5.04. The van der Waals surface area contributed by atoms with E-state index in [2.05, 4.69) is 0 Å². The lowest BCUT2D eigenvalue weighted by atomic mass is 9.85. The van der Waals surface area contributed by atoms with Crippen LogP contribution in [0.2, 0.25) is 0 Å². The van der Waals surface area contributed by atoms with Gasteiger partial charge in [-0.15, -0.1) is 0 Å². The van der Waals surface area contributed by atoms with E-state index in [9.17, 15) is 4.79 Å². The highest BCUT2D eigenvalue weighted by Crippen LogP contribution is 2.20. The van der Waals surface area contributed by atoms with Gasteiger partial charge in [0.1, 0.15) is 5.78 Å². The van der Waals surface area contributed by atoms with Gasteiger partial charge in [-0.25, -0.2) is 0 Å². The molecule has 0 saturated heterocycles. The molecule has 0 aliphatic heterocycles. The summed E-state index contributed by atoms with van der Waals surface area (Å²) in [5, 5.41) is 7.76. The van der Waals surface area contributed by atoms with Crippen LogP contribution >= 0.6 is 0 Å². The predicted molar refractivity (Wildman–Crippen MR) is 57.9 cm³/mol. The molecule has 0 atom stereocenters.